The molecule has 3 N–H and O–H groups in total. The van der Waals surface area contributed by atoms with Crippen molar-refractivity contribution in [2.24, 2.45) is 17.6 Å². The smallest absolute Gasteiger partial charge is 0.245 e. The molecule has 7 nitrogen and oxygen atoms in total. The van der Waals surface area contributed by atoms with Crippen LogP contribution in [-0.2, 0) is 19.2 Å². The SMILES string of the molecule is CC(=O)NC(C)C(=O)N1CCCC1[C]=O.CCCCCC(CF)C(CC)C(N)=O. The van der Waals surface area contributed by atoms with Gasteiger partial charge in [-0.05, 0) is 38.5 Å². The molecular formula is C21H37FN3O4. The Hall–Kier alpha value is -1.99. The minimum atomic E-state index is -0.573. The number of alkyl halides is 1. The average Bonchev–Trinajstić information content (AvgIpc) is 3.15. The van der Waals surface area contributed by atoms with Gasteiger partial charge < -0.3 is 16.0 Å². The molecule has 0 aromatic carbocycles. The van der Waals surface area contributed by atoms with Crippen LogP contribution in [-0.4, -0.2) is 54.2 Å². The molecule has 1 heterocycles. The van der Waals surface area contributed by atoms with E-state index in [4.69, 9.17) is 5.73 Å². The van der Waals surface area contributed by atoms with Gasteiger partial charge in [0.25, 0.3) is 0 Å². The maximum absolute atomic E-state index is 12.7. The van der Waals surface area contributed by atoms with Gasteiger partial charge in [-0.3, -0.25) is 23.6 Å². The molecule has 1 rings (SSSR count). The van der Waals surface area contributed by atoms with Crippen molar-refractivity contribution in [2.45, 2.75) is 84.7 Å². The number of unbranched alkanes of at least 4 members (excludes halogenated alkanes) is 2. The number of primary amides is 1. The molecule has 8 heteroatoms. The minimum absolute atomic E-state index is 0.163. The van der Waals surface area contributed by atoms with E-state index in [1.807, 2.05) is 13.2 Å². The van der Waals surface area contributed by atoms with E-state index in [1.54, 1.807) is 6.92 Å². The molecule has 0 aliphatic carbocycles. The molecule has 3 amide bonds. The molecule has 1 aliphatic rings. The van der Waals surface area contributed by atoms with Crippen LogP contribution in [0.4, 0.5) is 4.39 Å². The van der Waals surface area contributed by atoms with Crippen molar-refractivity contribution in [3.8, 4) is 0 Å². The van der Waals surface area contributed by atoms with Crippen molar-refractivity contribution < 1.29 is 23.6 Å². The molecule has 1 fully saturated rings. The molecule has 0 spiro atoms. The summed E-state index contributed by atoms with van der Waals surface area (Å²) in [5.41, 5.74) is 5.22. The maximum atomic E-state index is 12.7. The Morgan fingerprint density at radius 1 is 1.28 bits per heavy atom. The van der Waals surface area contributed by atoms with E-state index in [9.17, 15) is 23.6 Å². The van der Waals surface area contributed by atoms with Crippen molar-refractivity contribution >= 4 is 24.0 Å². The quantitative estimate of drug-likeness (QED) is 0.505. The molecule has 1 saturated heterocycles. The summed E-state index contributed by atoms with van der Waals surface area (Å²) in [4.78, 5) is 45.6. The lowest BCUT2D eigenvalue weighted by Gasteiger charge is -2.23. The Balaban J connectivity index is 0.000000543. The van der Waals surface area contributed by atoms with Gasteiger partial charge in [-0.25, -0.2) is 0 Å². The Morgan fingerprint density at radius 3 is 2.38 bits per heavy atom. The Kier molecular flexibility index (Phi) is 13.9. The summed E-state index contributed by atoms with van der Waals surface area (Å²) in [7, 11) is 0. The van der Waals surface area contributed by atoms with Crippen molar-refractivity contribution in [1.29, 1.82) is 0 Å². The average molecular weight is 415 g/mol. The molecule has 0 aromatic rings. The maximum Gasteiger partial charge on any atom is 0.245 e. The van der Waals surface area contributed by atoms with Crippen molar-refractivity contribution in [1.82, 2.24) is 10.2 Å². The fourth-order valence-electron chi connectivity index (χ4n) is 3.58. The molecule has 29 heavy (non-hydrogen) atoms. The summed E-state index contributed by atoms with van der Waals surface area (Å²) in [6.07, 6.45) is 7.98. The summed E-state index contributed by atoms with van der Waals surface area (Å²) in [6, 6.07) is -1.01. The van der Waals surface area contributed by atoms with Gasteiger partial charge in [0.2, 0.25) is 24.0 Å². The largest absolute Gasteiger partial charge is 0.369 e. The van der Waals surface area contributed by atoms with Crippen LogP contribution in [0.2, 0.25) is 0 Å². The van der Waals surface area contributed by atoms with E-state index in [2.05, 4.69) is 12.2 Å². The van der Waals surface area contributed by atoms with E-state index < -0.39 is 18.8 Å². The van der Waals surface area contributed by atoms with Gasteiger partial charge in [0.05, 0.1) is 12.7 Å². The summed E-state index contributed by atoms with van der Waals surface area (Å²) in [6.45, 7) is 7.11. The fraction of sp³-hybridized carbons (Fsp3) is 0.810. The lowest BCUT2D eigenvalue weighted by Crippen LogP contribution is -2.48. The van der Waals surface area contributed by atoms with Crippen molar-refractivity contribution in [3.05, 3.63) is 0 Å². The highest BCUT2D eigenvalue weighted by molar-refractivity contribution is 5.88. The number of hydrogen-bond donors (Lipinski definition) is 2. The van der Waals surface area contributed by atoms with Crippen molar-refractivity contribution in [2.75, 3.05) is 13.2 Å². The lowest BCUT2D eigenvalue weighted by molar-refractivity contribution is -0.135. The van der Waals surface area contributed by atoms with E-state index in [0.29, 0.717) is 19.4 Å². The third-order valence-corrected chi connectivity index (χ3v) is 5.21. The highest BCUT2D eigenvalue weighted by Gasteiger charge is 2.31. The number of carbonyl (C=O) groups is 3. The van der Waals surface area contributed by atoms with Crippen LogP contribution in [0.25, 0.3) is 0 Å². The van der Waals surface area contributed by atoms with Crippen LogP contribution in [0.1, 0.15) is 72.6 Å². The van der Waals surface area contributed by atoms with Gasteiger partial charge in [0.15, 0.2) is 0 Å². The highest BCUT2D eigenvalue weighted by Crippen LogP contribution is 2.22. The second kappa shape index (κ2) is 14.9. The number of rotatable bonds is 11. The zero-order valence-electron chi connectivity index (χ0n) is 18.2. The normalized spacial score (nSPS) is 18.8. The molecule has 1 aliphatic heterocycles. The van der Waals surface area contributed by atoms with E-state index >= 15 is 0 Å². The third-order valence-electron chi connectivity index (χ3n) is 5.21. The third kappa shape index (κ3) is 9.85. The van der Waals surface area contributed by atoms with Gasteiger partial charge in [-0.15, -0.1) is 0 Å². The predicted molar refractivity (Wildman–Crippen MR) is 110 cm³/mol. The number of hydrogen-bond acceptors (Lipinski definition) is 4. The minimum Gasteiger partial charge on any atom is -0.369 e. The van der Waals surface area contributed by atoms with Gasteiger partial charge in [-0.1, -0.05) is 33.1 Å². The first-order valence-electron chi connectivity index (χ1n) is 10.5. The highest BCUT2D eigenvalue weighted by atomic mass is 19.1. The number of nitrogens with zero attached hydrogens (tertiary/aromatic N) is 1. The van der Waals surface area contributed by atoms with Gasteiger partial charge >= 0.3 is 0 Å². The number of likely N-dealkylation sites (tertiary alicyclic amines) is 1. The van der Waals surface area contributed by atoms with Gasteiger partial charge in [-0.2, -0.15) is 0 Å². The summed E-state index contributed by atoms with van der Waals surface area (Å²) in [5.74, 6) is -1.26. The molecule has 0 saturated carbocycles. The summed E-state index contributed by atoms with van der Waals surface area (Å²) in [5, 5.41) is 2.50. The number of nitrogens with two attached hydrogens (primary N) is 1. The zero-order chi connectivity index (χ0) is 22.4. The summed E-state index contributed by atoms with van der Waals surface area (Å²) < 4.78 is 12.7. The van der Waals surface area contributed by atoms with Crippen molar-refractivity contribution in [3.63, 3.8) is 0 Å². The standard InChI is InChI=1S/C11H22FNO.C10H15N2O3/c1-3-5-6-7-9(8-12)10(4-2)11(13)14;1-7(11-8(2)14)10(15)12-5-3-4-9(12)6-13/h9-10H,3-8H2,1-2H3,(H2,13,14);7,9H,3-5H2,1-2H3,(H,11,14). The molecule has 167 valence electrons. The van der Waals surface area contributed by atoms with E-state index in [-0.39, 0.29) is 29.6 Å². The summed E-state index contributed by atoms with van der Waals surface area (Å²) >= 11 is 0. The second-order valence-corrected chi connectivity index (χ2v) is 7.56. The van der Waals surface area contributed by atoms with Crippen LogP contribution < -0.4 is 11.1 Å². The lowest BCUT2D eigenvalue weighted by atomic mass is 9.86. The first kappa shape index (κ1) is 27.0. The van der Waals surface area contributed by atoms with Crippen LogP contribution in [0.5, 0.6) is 0 Å². The van der Waals surface area contributed by atoms with Crippen LogP contribution in [0.15, 0.2) is 0 Å². The predicted octanol–water partition coefficient (Wildman–Crippen LogP) is 2.28. The van der Waals surface area contributed by atoms with Crippen LogP contribution in [0.3, 0.4) is 0 Å². The Labute approximate surface area is 173 Å². The fourth-order valence-corrected chi connectivity index (χ4v) is 3.58. The zero-order valence-corrected chi connectivity index (χ0v) is 18.2. The monoisotopic (exact) mass is 414 g/mol. The Morgan fingerprint density at radius 2 is 1.93 bits per heavy atom. The number of carbonyl (C=O) groups excluding carboxylic acids is 4. The first-order chi connectivity index (χ1) is 13.7. The Bertz CT molecular complexity index is 530. The van der Waals surface area contributed by atoms with Gasteiger partial charge in [0, 0.05) is 19.4 Å². The van der Waals surface area contributed by atoms with E-state index in [0.717, 1.165) is 32.1 Å². The molecule has 0 bridgehead atoms. The van der Waals surface area contributed by atoms with Crippen LogP contribution >= 0.6 is 0 Å². The van der Waals surface area contributed by atoms with Gasteiger partial charge in [0.1, 0.15) is 6.04 Å². The number of nitrogens with one attached hydrogen (secondary N) is 1. The topological polar surface area (TPSA) is 110 Å². The first-order valence-corrected chi connectivity index (χ1v) is 10.5. The van der Waals surface area contributed by atoms with E-state index in [1.165, 1.54) is 11.8 Å². The molecule has 4 unspecified atom stereocenters. The molecule has 0 aromatic heterocycles. The molecule has 1 radical (unpaired) electrons. The molecular weight excluding hydrogens is 377 g/mol. The van der Waals surface area contributed by atoms with Crippen LogP contribution in [0, 0.1) is 11.8 Å². The number of amides is 3. The second-order valence-electron chi connectivity index (χ2n) is 7.56. The number of halogens is 1. The molecule has 4 atom stereocenters.